The summed E-state index contributed by atoms with van der Waals surface area (Å²) in [5.41, 5.74) is 7.56. The van der Waals surface area contributed by atoms with E-state index in [1.165, 1.54) is 0 Å². The van der Waals surface area contributed by atoms with Crippen LogP contribution in [0, 0.1) is 6.92 Å². The number of aryl methyl sites for hydroxylation is 1. The van der Waals surface area contributed by atoms with Crippen molar-refractivity contribution >= 4 is 11.6 Å². The van der Waals surface area contributed by atoms with Crippen molar-refractivity contribution in [2.24, 2.45) is 5.73 Å². The molecule has 2 rings (SSSR count). The summed E-state index contributed by atoms with van der Waals surface area (Å²) in [6.07, 6.45) is 1.67. The van der Waals surface area contributed by atoms with Gasteiger partial charge in [-0.3, -0.25) is 4.98 Å². The summed E-state index contributed by atoms with van der Waals surface area (Å²) in [5.74, 6) is 1.42. The van der Waals surface area contributed by atoms with Crippen LogP contribution in [0.15, 0.2) is 36.5 Å². The molecule has 2 N–H and O–H groups in total. The summed E-state index contributed by atoms with van der Waals surface area (Å²) in [6.45, 7) is 3.83. The van der Waals surface area contributed by atoms with E-state index in [4.69, 9.17) is 22.1 Å². The number of halogens is 1. The molecule has 0 radical (unpaired) electrons. The normalized spacial score (nSPS) is 12.2. The highest BCUT2D eigenvalue weighted by atomic mass is 35.5. The molecule has 0 amide bonds. The van der Waals surface area contributed by atoms with E-state index in [1.54, 1.807) is 6.20 Å². The second kappa shape index (κ2) is 5.38. The molecule has 0 aliphatic heterocycles. The Morgan fingerprint density at radius 2 is 1.94 bits per heavy atom. The Bertz CT molecular complexity index is 538. The van der Waals surface area contributed by atoms with Gasteiger partial charge >= 0.3 is 0 Å². The van der Waals surface area contributed by atoms with Gasteiger partial charge in [-0.25, -0.2) is 0 Å². The van der Waals surface area contributed by atoms with Crippen LogP contribution in [0.1, 0.15) is 24.2 Å². The van der Waals surface area contributed by atoms with Crippen LogP contribution in [-0.4, -0.2) is 4.98 Å². The topological polar surface area (TPSA) is 48.1 Å². The highest BCUT2D eigenvalue weighted by Gasteiger charge is 2.03. The van der Waals surface area contributed by atoms with Gasteiger partial charge in [-0.2, -0.15) is 0 Å². The molecule has 0 aliphatic rings. The average molecular weight is 263 g/mol. The molecule has 0 bridgehead atoms. The quantitative estimate of drug-likeness (QED) is 0.914. The minimum absolute atomic E-state index is 0.0724. The number of pyridine rings is 1. The number of hydrogen-bond acceptors (Lipinski definition) is 3. The van der Waals surface area contributed by atoms with Crippen LogP contribution in [0.3, 0.4) is 0 Å². The highest BCUT2D eigenvalue weighted by molar-refractivity contribution is 6.31. The lowest BCUT2D eigenvalue weighted by Gasteiger charge is -2.08. The molecule has 1 unspecified atom stereocenters. The molecule has 4 heteroatoms. The minimum atomic E-state index is -0.0724. The summed E-state index contributed by atoms with van der Waals surface area (Å²) in [6, 6.07) is 9.18. The maximum Gasteiger partial charge on any atom is 0.145 e. The summed E-state index contributed by atoms with van der Waals surface area (Å²) in [5, 5.41) is 0.729. The Morgan fingerprint density at radius 3 is 2.50 bits per heavy atom. The van der Waals surface area contributed by atoms with Crippen molar-refractivity contribution in [3.63, 3.8) is 0 Å². The molecule has 0 saturated carbocycles. The van der Waals surface area contributed by atoms with E-state index in [0.717, 1.165) is 22.0 Å². The van der Waals surface area contributed by atoms with E-state index in [1.807, 2.05) is 44.2 Å². The third-order valence-corrected chi connectivity index (χ3v) is 3.01. The second-order valence-electron chi connectivity index (χ2n) is 4.22. The SMILES string of the molecule is Cc1cc(Oc2ccc(C(C)N)nc2)ccc1Cl. The average Bonchev–Trinajstić information content (AvgIpc) is 2.34. The lowest BCUT2D eigenvalue weighted by Crippen LogP contribution is -2.06. The van der Waals surface area contributed by atoms with Gasteiger partial charge in [-0.15, -0.1) is 0 Å². The smallest absolute Gasteiger partial charge is 0.145 e. The second-order valence-corrected chi connectivity index (χ2v) is 4.63. The molecule has 0 aliphatic carbocycles. The Kier molecular flexibility index (Phi) is 3.84. The zero-order valence-corrected chi connectivity index (χ0v) is 11.1. The number of benzene rings is 1. The zero-order valence-electron chi connectivity index (χ0n) is 10.4. The van der Waals surface area contributed by atoms with E-state index in [2.05, 4.69) is 4.98 Å². The molecule has 0 spiro atoms. The molecular formula is C14H15ClN2O. The predicted octanol–water partition coefficient (Wildman–Crippen LogP) is 3.86. The van der Waals surface area contributed by atoms with Crippen molar-refractivity contribution in [2.45, 2.75) is 19.9 Å². The van der Waals surface area contributed by atoms with Crippen molar-refractivity contribution in [1.29, 1.82) is 0 Å². The summed E-state index contributed by atoms with van der Waals surface area (Å²) >= 11 is 5.96. The van der Waals surface area contributed by atoms with Gasteiger partial charge in [-0.05, 0) is 49.7 Å². The van der Waals surface area contributed by atoms with Gasteiger partial charge in [0.15, 0.2) is 0 Å². The Hall–Kier alpha value is -1.58. The van der Waals surface area contributed by atoms with Crippen molar-refractivity contribution in [1.82, 2.24) is 4.98 Å². The first-order valence-electron chi connectivity index (χ1n) is 5.72. The fourth-order valence-electron chi connectivity index (χ4n) is 1.54. The van der Waals surface area contributed by atoms with Crippen LogP contribution >= 0.6 is 11.6 Å². The fourth-order valence-corrected chi connectivity index (χ4v) is 1.66. The van der Waals surface area contributed by atoms with E-state index in [0.29, 0.717) is 5.75 Å². The molecule has 1 aromatic carbocycles. The van der Waals surface area contributed by atoms with Gasteiger partial charge in [0.05, 0.1) is 11.9 Å². The van der Waals surface area contributed by atoms with Crippen molar-refractivity contribution in [3.05, 3.63) is 52.8 Å². The summed E-state index contributed by atoms with van der Waals surface area (Å²) in [4.78, 5) is 4.24. The third kappa shape index (κ3) is 3.00. The van der Waals surface area contributed by atoms with Crippen LogP contribution < -0.4 is 10.5 Å². The van der Waals surface area contributed by atoms with Gasteiger partial charge in [-0.1, -0.05) is 11.6 Å². The number of nitrogens with two attached hydrogens (primary N) is 1. The number of aromatic nitrogens is 1. The first kappa shape index (κ1) is 12.9. The lowest BCUT2D eigenvalue weighted by atomic mass is 10.2. The third-order valence-electron chi connectivity index (χ3n) is 2.59. The van der Waals surface area contributed by atoms with E-state index in [-0.39, 0.29) is 6.04 Å². The van der Waals surface area contributed by atoms with Crippen molar-refractivity contribution in [3.8, 4) is 11.5 Å². The molecule has 2 aromatic rings. The first-order chi connectivity index (χ1) is 8.56. The number of ether oxygens (including phenoxy) is 1. The minimum Gasteiger partial charge on any atom is -0.456 e. The van der Waals surface area contributed by atoms with Gasteiger partial charge in [0.25, 0.3) is 0 Å². The van der Waals surface area contributed by atoms with Gasteiger partial charge in [0.1, 0.15) is 11.5 Å². The van der Waals surface area contributed by atoms with E-state index >= 15 is 0 Å². The van der Waals surface area contributed by atoms with Crippen molar-refractivity contribution in [2.75, 3.05) is 0 Å². The van der Waals surface area contributed by atoms with Crippen LogP contribution in [0.4, 0.5) is 0 Å². The van der Waals surface area contributed by atoms with Crippen LogP contribution in [-0.2, 0) is 0 Å². The number of nitrogens with zero attached hydrogens (tertiary/aromatic N) is 1. The summed E-state index contributed by atoms with van der Waals surface area (Å²) in [7, 11) is 0. The highest BCUT2D eigenvalue weighted by Crippen LogP contribution is 2.25. The lowest BCUT2D eigenvalue weighted by molar-refractivity contribution is 0.479. The van der Waals surface area contributed by atoms with Gasteiger partial charge in [0.2, 0.25) is 0 Å². The molecule has 1 atom stereocenters. The fraction of sp³-hybridized carbons (Fsp3) is 0.214. The Morgan fingerprint density at radius 1 is 1.22 bits per heavy atom. The molecule has 94 valence electrons. The largest absolute Gasteiger partial charge is 0.456 e. The monoisotopic (exact) mass is 262 g/mol. The maximum absolute atomic E-state index is 5.96. The maximum atomic E-state index is 5.96. The Labute approximate surface area is 112 Å². The zero-order chi connectivity index (χ0) is 13.1. The molecule has 1 heterocycles. The number of hydrogen-bond donors (Lipinski definition) is 1. The van der Waals surface area contributed by atoms with E-state index in [9.17, 15) is 0 Å². The van der Waals surface area contributed by atoms with Crippen LogP contribution in [0.5, 0.6) is 11.5 Å². The summed E-state index contributed by atoms with van der Waals surface area (Å²) < 4.78 is 5.69. The first-order valence-corrected chi connectivity index (χ1v) is 6.09. The van der Waals surface area contributed by atoms with Gasteiger partial charge in [0, 0.05) is 11.1 Å². The van der Waals surface area contributed by atoms with E-state index < -0.39 is 0 Å². The van der Waals surface area contributed by atoms with Crippen LogP contribution in [0.25, 0.3) is 0 Å². The molecular weight excluding hydrogens is 248 g/mol. The van der Waals surface area contributed by atoms with Gasteiger partial charge < -0.3 is 10.5 Å². The molecule has 18 heavy (non-hydrogen) atoms. The molecule has 3 nitrogen and oxygen atoms in total. The standard InChI is InChI=1S/C14H15ClN2O/c1-9-7-11(3-5-13(9)15)18-12-4-6-14(10(2)16)17-8-12/h3-8,10H,16H2,1-2H3. The Balaban J connectivity index is 2.15. The van der Waals surface area contributed by atoms with Crippen LogP contribution in [0.2, 0.25) is 5.02 Å². The predicted molar refractivity (Wildman–Crippen MR) is 73.1 cm³/mol. The molecule has 0 fully saturated rings. The molecule has 0 saturated heterocycles. The number of rotatable bonds is 3. The molecule has 1 aromatic heterocycles. The van der Waals surface area contributed by atoms with Crippen molar-refractivity contribution < 1.29 is 4.74 Å².